The van der Waals surface area contributed by atoms with E-state index in [4.69, 9.17) is 5.73 Å². The number of aromatic amines is 1. The van der Waals surface area contributed by atoms with Gasteiger partial charge in [0.25, 0.3) is 0 Å². The number of nitrogen functional groups attached to an aromatic ring is 1. The van der Waals surface area contributed by atoms with Gasteiger partial charge in [-0.2, -0.15) is 13.2 Å². The number of pyridine rings is 1. The molecule has 102 valence electrons. The third kappa shape index (κ3) is 2.09. The van der Waals surface area contributed by atoms with Crippen LogP contribution in [0.1, 0.15) is 5.56 Å². The molecule has 3 nitrogen and oxygen atoms in total. The lowest BCUT2D eigenvalue weighted by Crippen LogP contribution is -2.05. The molecule has 0 fully saturated rings. The normalized spacial score (nSPS) is 11.9. The molecular weight excluding hydrogens is 267 g/mol. The summed E-state index contributed by atoms with van der Waals surface area (Å²) in [4.78, 5) is 6.88. The number of H-pyrrole nitrogens is 1. The second-order valence-electron chi connectivity index (χ2n) is 4.43. The van der Waals surface area contributed by atoms with E-state index >= 15 is 0 Å². The minimum atomic E-state index is -4.39. The van der Waals surface area contributed by atoms with Gasteiger partial charge in [0.15, 0.2) is 0 Å². The molecule has 2 heterocycles. The zero-order valence-corrected chi connectivity index (χ0v) is 10.2. The fraction of sp³-hybridized carbons (Fsp3) is 0.0714. The van der Waals surface area contributed by atoms with Crippen molar-refractivity contribution in [3.05, 3.63) is 48.2 Å². The second-order valence-corrected chi connectivity index (χ2v) is 4.43. The Kier molecular flexibility index (Phi) is 2.67. The van der Waals surface area contributed by atoms with Crippen LogP contribution in [0.2, 0.25) is 0 Å². The van der Waals surface area contributed by atoms with Crippen LogP contribution in [-0.4, -0.2) is 9.97 Å². The van der Waals surface area contributed by atoms with Gasteiger partial charge in [0, 0.05) is 5.39 Å². The highest BCUT2D eigenvalue weighted by atomic mass is 19.4. The molecule has 0 unspecified atom stereocenters. The Morgan fingerprint density at radius 3 is 2.55 bits per heavy atom. The number of hydrogen-bond donors (Lipinski definition) is 2. The Hall–Kier alpha value is -2.50. The number of anilines is 1. The Morgan fingerprint density at radius 1 is 1.10 bits per heavy atom. The van der Waals surface area contributed by atoms with Gasteiger partial charge in [-0.1, -0.05) is 12.1 Å². The van der Waals surface area contributed by atoms with Gasteiger partial charge >= 0.3 is 6.18 Å². The van der Waals surface area contributed by atoms with Gasteiger partial charge < -0.3 is 10.7 Å². The molecule has 0 aliphatic heterocycles. The number of rotatable bonds is 1. The van der Waals surface area contributed by atoms with Crippen molar-refractivity contribution in [2.24, 2.45) is 0 Å². The summed E-state index contributed by atoms with van der Waals surface area (Å²) < 4.78 is 38.8. The molecular formula is C14H10F3N3. The fourth-order valence-electron chi connectivity index (χ4n) is 2.10. The third-order valence-electron chi connectivity index (χ3n) is 3.02. The van der Waals surface area contributed by atoms with Gasteiger partial charge in [0.2, 0.25) is 0 Å². The monoisotopic (exact) mass is 277 g/mol. The maximum Gasteiger partial charge on any atom is 0.418 e. The Balaban J connectivity index is 2.18. The van der Waals surface area contributed by atoms with Crippen molar-refractivity contribution in [3.63, 3.8) is 0 Å². The van der Waals surface area contributed by atoms with Gasteiger partial charge in [-0.25, -0.2) is 0 Å². The van der Waals surface area contributed by atoms with Crippen LogP contribution < -0.4 is 5.73 Å². The van der Waals surface area contributed by atoms with Gasteiger partial charge in [-0.15, -0.1) is 0 Å². The summed E-state index contributed by atoms with van der Waals surface area (Å²) in [6.07, 6.45) is -2.93. The number of nitrogens with one attached hydrogen (secondary N) is 1. The van der Waals surface area contributed by atoms with Crippen LogP contribution in [0.4, 0.5) is 18.9 Å². The van der Waals surface area contributed by atoms with E-state index in [1.807, 2.05) is 0 Å². The van der Waals surface area contributed by atoms with Crippen LogP contribution in [0.15, 0.2) is 42.6 Å². The molecule has 6 heteroatoms. The summed E-state index contributed by atoms with van der Waals surface area (Å²) in [7, 11) is 0. The molecule has 0 atom stereocenters. The number of aromatic nitrogens is 2. The average molecular weight is 277 g/mol. The van der Waals surface area contributed by atoms with Crippen LogP contribution in [0, 0.1) is 0 Å². The highest BCUT2D eigenvalue weighted by Gasteiger charge is 2.33. The molecule has 2 aromatic heterocycles. The number of hydrogen-bond acceptors (Lipinski definition) is 2. The summed E-state index contributed by atoms with van der Waals surface area (Å²) in [5.41, 5.74) is 6.49. The van der Waals surface area contributed by atoms with E-state index in [1.165, 1.54) is 12.3 Å². The molecule has 3 N–H and O–H groups in total. The predicted octanol–water partition coefficient (Wildman–Crippen LogP) is 3.83. The van der Waals surface area contributed by atoms with E-state index < -0.39 is 11.7 Å². The third-order valence-corrected chi connectivity index (χ3v) is 3.02. The van der Waals surface area contributed by atoms with Gasteiger partial charge in [0.1, 0.15) is 0 Å². The fourth-order valence-corrected chi connectivity index (χ4v) is 2.10. The average Bonchev–Trinajstić information content (AvgIpc) is 2.81. The zero-order valence-electron chi connectivity index (χ0n) is 10.2. The van der Waals surface area contributed by atoms with Crippen LogP contribution in [0.5, 0.6) is 0 Å². The quantitative estimate of drug-likeness (QED) is 0.710. The molecule has 0 radical (unpaired) electrons. The van der Waals surface area contributed by atoms with Crippen LogP contribution >= 0.6 is 0 Å². The SMILES string of the molecule is Nc1ccc(-c2cc3cccc(C(F)(F)F)c3[nH]2)nc1. The smallest absolute Gasteiger partial charge is 0.397 e. The zero-order chi connectivity index (χ0) is 14.3. The number of fused-ring (bicyclic) bond motifs is 1. The molecule has 1 aromatic carbocycles. The number of alkyl halides is 3. The topological polar surface area (TPSA) is 54.7 Å². The van der Waals surface area contributed by atoms with Gasteiger partial charge in [-0.3, -0.25) is 4.98 Å². The van der Waals surface area contributed by atoms with E-state index in [0.29, 0.717) is 22.5 Å². The molecule has 3 aromatic rings. The van der Waals surface area contributed by atoms with Crippen molar-refractivity contribution < 1.29 is 13.2 Å². The number of nitrogens with zero attached hydrogens (tertiary/aromatic N) is 1. The maximum absolute atomic E-state index is 12.9. The molecule has 3 rings (SSSR count). The van der Waals surface area contributed by atoms with Gasteiger partial charge in [-0.05, 0) is 24.3 Å². The summed E-state index contributed by atoms with van der Waals surface area (Å²) in [5.74, 6) is 0. The van der Waals surface area contributed by atoms with Crippen molar-refractivity contribution in [1.82, 2.24) is 9.97 Å². The minimum Gasteiger partial charge on any atom is -0.397 e. The highest BCUT2D eigenvalue weighted by Crippen LogP contribution is 2.35. The number of halogens is 3. The predicted molar refractivity (Wildman–Crippen MR) is 70.9 cm³/mol. The Labute approximate surface area is 112 Å². The molecule has 0 spiro atoms. The molecule has 0 amide bonds. The first-order valence-corrected chi connectivity index (χ1v) is 5.86. The first-order valence-electron chi connectivity index (χ1n) is 5.86. The van der Waals surface area contributed by atoms with Crippen molar-refractivity contribution in [1.29, 1.82) is 0 Å². The number of benzene rings is 1. The van der Waals surface area contributed by atoms with E-state index in [0.717, 1.165) is 6.07 Å². The molecule has 0 bridgehead atoms. The number of para-hydroxylation sites is 1. The lowest BCUT2D eigenvalue weighted by atomic mass is 10.1. The highest BCUT2D eigenvalue weighted by molar-refractivity contribution is 5.88. The summed E-state index contributed by atoms with van der Waals surface area (Å²) >= 11 is 0. The first kappa shape index (κ1) is 12.5. The standard InChI is InChI=1S/C14H10F3N3/c15-14(16,17)10-3-1-2-8-6-12(20-13(8)10)11-5-4-9(18)7-19-11/h1-7,20H,18H2. The minimum absolute atomic E-state index is 0.0635. The molecule has 20 heavy (non-hydrogen) atoms. The van der Waals surface area contributed by atoms with Crippen molar-refractivity contribution >= 4 is 16.6 Å². The Morgan fingerprint density at radius 2 is 1.90 bits per heavy atom. The van der Waals surface area contributed by atoms with E-state index in [-0.39, 0.29) is 5.52 Å². The molecule has 0 aliphatic rings. The summed E-state index contributed by atoms with van der Waals surface area (Å²) in [6, 6.07) is 9.02. The maximum atomic E-state index is 12.9. The summed E-state index contributed by atoms with van der Waals surface area (Å²) in [6.45, 7) is 0. The second kappa shape index (κ2) is 4.26. The molecule has 0 saturated carbocycles. The van der Waals surface area contributed by atoms with E-state index in [9.17, 15) is 13.2 Å². The van der Waals surface area contributed by atoms with Crippen LogP contribution in [0.3, 0.4) is 0 Å². The number of nitrogens with two attached hydrogens (primary N) is 1. The Bertz CT molecular complexity index is 757. The largest absolute Gasteiger partial charge is 0.418 e. The van der Waals surface area contributed by atoms with Crippen molar-refractivity contribution in [3.8, 4) is 11.4 Å². The van der Waals surface area contributed by atoms with Crippen LogP contribution in [-0.2, 0) is 6.18 Å². The lowest BCUT2D eigenvalue weighted by Gasteiger charge is -2.07. The van der Waals surface area contributed by atoms with Crippen molar-refractivity contribution in [2.75, 3.05) is 5.73 Å². The molecule has 0 saturated heterocycles. The van der Waals surface area contributed by atoms with Crippen molar-refractivity contribution in [2.45, 2.75) is 6.18 Å². The van der Waals surface area contributed by atoms with Gasteiger partial charge in [0.05, 0.1) is 34.4 Å². The van der Waals surface area contributed by atoms with E-state index in [1.54, 1.807) is 24.3 Å². The van der Waals surface area contributed by atoms with E-state index in [2.05, 4.69) is 9.97 Å². The summed E-state index contributed by atoms with van der Waals surface area (Å²) in [5, 5.41) is 0.494. The lowest BCUT2D eigenvalue weighted by molar-refractivity contribution is -0.136. The first-order chi connectivity index (χ1) is 9.45. The molecule has 0 aliphatic carbocycles. The van der Waals surface area contributed by atoms with Crippen LogP contribution in [0.25, 0.3) is 22.3 Å².